The highest BCUT2D eigenvalue weighted by atomic mass is 16.5. The number of esters is 2. The summed E-state index contributed by atoms with van der Waals surface area (Å²) in [4.78, 5) is 26.5. The van der Waals surface area contributed by atoms with Crippen LogP contribution in [0.25, 0.3) is 0 Å². The third kappa shape index (κ3) is 3.60. The molecule has 0 amide bonds. The molecule has 0 radical (unpaired) electrons. The van der Waals surface area contributed by atoms with Gasteiger partial charge in [0.2, 0.25) is 0 Å². The Bertz CT molecular complexity index is 410. The zero-order valence-electron chi connectivity index (χ0n) is 9.47. The second-order valence-electron chi connectivity index (χ2n) is 2.90. The summed E-state index contributed by atoms with van der Waals surface area (Å²) in [5.41, 5.74) is -0.236. The number of methoxy groups -OCH3 is 2. The van der Waals surface area contributed by atoms with Crippen molar-refractivity contribution in [3.63, 3.8) is 0 Å². The molecule has 0 atom stereocenters. The summed E-state index contributed by atoms with van der Waals surface area (Å²) in [7, 11) is 2.36. The highest BCUT2D eigenvalue weighted by Crippen LogP contribution is 2.04. The minimum Gasteiger partial charge on any atom is -0.465 e. The maximum absolute atomic E-state index is 11.3. The van der Waals surface area contributed by atoms with Gasteiger partial charge in [0.15, 0.2) is 5.57 Å². The average Bonchev–Trinajstić information content (AvgIpc) is 2.39. The van der Waals surface area contributed by atoms with Crippen molar-refractivity contribution in [3.8, 4) is 0 Å². The van der Waals surface area contributed by atoms with E-state index in [1.165, 1.54) is 20.4 Å². The van der Waals surface area contributed by atoms with E-state index in [0.29, 0.717) is 5.82 Å². The van der Waals surface area contributed by atoms with Crippen molar-refractivity contribution in [1.29, 1.82) is 0 Å². The molecule has 1 aromatic heterocycles. The SMILES string of the molecule is COC(=O)C(=CNc1ccccn1)C(=O)OC. The lowest BCUT2D eigenvalue weighted by Crippen LogP contribution is -2.17. The topological polar surface area (TPSA) is 77.5 Å². The molecule has 0 saturated heterocycles. The molecule has 0 fully saturated rings. The van der Waals surface area contributed by atoms with E-state index in [9.17, 15) is 9.59 Å². The van der Waals surface area contributed by atoms with Gasteiger partial charge in [0.05, 0.1) is 14.2 Å². The number of carbonyl (C=O) groups is 2. The second kappa shape index (κ2) is 6.26. The molecule has 17 heavy (non-hydrogen) atoms. The molecular formula is C11H12N2O4. The largest absolute Gasteiger partial charge is 0.465 e. The maximum Gasteiger partial charge on any atom is 0.346 e. The summed E-state index contributed by atoms with van der Waals surface area (Å²) >= 11 is 0. The number of pyridine rings is 1. The Kier molecular flexibility index (Phi) is 4.68. The van der Waals surface area contributed by atoms with Gasteiger partial charge < -0.3 is 14.8 Å². The first-order valence-corrected chi connectivity index (χ1v) is 4.73. The number of aromatic nitrogens is 1. The number of carbonyl (C=O) groups excluding carboxylic acids is 2. The Hall–Kier alpha value is -2.37. The van der Waals surface area contributed by atoms with Crippen LogP contribution in [0.5, 0.6) is 0 Å². The van der Waals surface area contributed by atoms with Crippen LogP contribution in [0, 0.1) is 0 Å². The van der Waals surface area contributed by atoms with Crippen molar-refractivity contribution in [2.75, 3.05) is 19.5 Å². The number of hydrogen-bond acceptors (Lipinski definition) is 6. The maximum atomic E-state index is 11.3. The standard InChI is InChI=1S/C11H12N2O4/c1-16-10(14)8(11(15)17-2)7-13-9-5-3-4-6-12-9/h3-7H,1-2H3,(H,12,13). The van der Waals surface area contributed by atoms with Crippen molar-refractivity contribution in [2.24, 2.45) is 0 Å². The first-order valence-electron chi connectivity index (χ1n) is 4.73. The van der Waals surface area contributed by atoms with Gasteiger partial charge in [-0.05, 0) is 12.1 Å². The second-order valence-corrected chi connectivity index (χ2v) is 2.90. The molecule has 0 saturated carbocycles. The fourth-order valence-electron chi connectivity index (χ4n) is 1.02. The van der Waals surface area contributed by atoms with Crippen LogP contribution in [0.3, 0.4) is 0 Å². The fraction of sp³-hybridized carbons (Fsp3) is 0.182. The summed E-state index contributed by atoms with van der Waals surface area (Å²) in [6.07, 6.45) is 2.77. The average molecular weight is 236 g/mol. The first kappa shape index (κ1) is 12.7. The fourth-order valence-corrected chi connectivity index (χ4v) is 1.02. The molecule has 0 aliphatic carbocycles. The minimum atomic E-state index is -0.778. The van der Waals surface area contributed by atoms with Crippen LogP contribution in [0.2, 0.25) is 0 Å². The molecule has 1 heterocycles. The Morgan fingerprint density at radius 1 is 1.24 bits per heavy atom. The predicted octanol–water partition coefficient (Wildman–Crippen LogP) is 0.723. The van der Waals surface area contributed by atoms with E-state index in [1.807, 2.05) is 0 Å². The molecule has 1 rings (SSSR count). The molecular weight excluding hydrogens is 224 g/mol. The normalized spacial score (nSPS) is 9.06. The van der Waals surface area contributed by atoms with Crippen LogP contribution >= 0.6 is 0 Å². The van der Waals surface area contributed by atoms with Crippen molar-refractivity contribution >= 4 is 17.8 Å². The third-order valence-electron chi connectivity index (χ3n) is 1.84. The molecule has 90 valence electrons. The van der Waals surface area contributed by atoms with E-state index in [4.69, 9.17) is 0 Å². The van der Waals surface area contributed by atoms with Crippen LogP contribution in [0.1, 0.15) is 0 Å². The van der Waals surface area contributed by atoms with E-state index >= 15 is 0 Å². The van der Waals surface area contributed by atoms with Gasteiger partial charge in [-0.2, -0.15) is 0 Å². The molecule has 6 nitrogen and oxygen atoms in total. The Morgan fingerprint density at radius 3 is 2.35 bits per heavy atom. The molecule has 0 aliphatic heterocycles. The van der Waals surface area contributed by atoms with Crippen LogP contribution in [-0.4, -0.2) is 31.1 Å². The molecule has 0 spiro atoms. The monoisotopic (exact) mass is 236 g/mol. The Labute approximate surface area is 98.3 Å². The number of hydrogen-bond donors (Lipinski definition) is 1. The molecule has 6 heteroatoms. The number of anilines is 1. The zero-order valence-corrected chi connectivity index (χ0v) is 9.47. The summed E-state index contributed by atoms with van der Waals surface area (Å²) in [5.74, 6) is -1.06. The van der Waals surface area contributed by atoms with Gasteiger partial charge in [-0.1, -0.05) is 6.07 Å². The lowest BCUT2D eigenvalue weighted by atomic mass is 10.3. The lowest BCUT2D eigenvalue weighted by molar-refractivity contribution is -0.144. The van der Waals surface area contributed by atoms with E-state index < -0.39 is 11.9 Å². The van der Waals surface area contributed by atoms with Gasteiger partial charge >= 0.3 is 11.9 Å². The van der Waals surface area contributed by atoms with Gasteiger partial charge in [0, 0.05) is 12.4 Å². The molecule has 0 aliphatic rings. The zero-order chi connectivity index (χ0) is 12.7. The van der Waals surface area contributed by atoms with Crippen LogP contribution < -0.4 is 5.32 Å². The summed E-state index contributed by atoms with van der Waals surface area (Å²) in [6, 6.07) is 5.19. The lowest BCUT2D eigenvalue weighted by Gasteiger charge is -2.04. The Morgan fingerprint density at radius 2 is 1.88 bits per heavy atom. The highest BCUT2D eigenvalue weighted by Gasteiger charge is 2.19. The molecule has 1 aromatic rings. The van der Waals surface area contributed by atoms with Gasteiger partial charge in [0.25, 0.3) is 0 Å². The molecule has 0 bridgehead atoms. The smallest absolute Gasteiger partial charge is 0.346 e. The number of nitrogens with zero attached hydrogens (tertiary/aromatic N) is 1. The van der Waals surface area contributed by atoms with Crippen molar-refractivity contribution in [3.05, 3.63) is 36.2 Å². The molecule has 1 N–H and O–H groups in total. The third-order valence-corrected chi connectivity index (χ3v) is 1.84. The van der Waals surface area contributed by atoms with Crippen LogP contribution in [-0.2, 0) is 19.1 Å². The highest BCUT2D eigenvalue weighted by molar-refractivity contribution is 6.14. The van der Waals surface area contributed by atoms with Gasteiger partial charge in [-0.3, -0.25) is 0 Å². The summed E-state index contributed by atoms with van der Waals surface area (Å²) in [6.45, 7) is 0. The quantitative estimate of drug-likeness (QED) is 0.359. The van der Waals surface area contributed by atoms with Crippen LogP contribution in [0.4, 0.5) is 5.82 Å². The molecule has 0 unspecified atom stereocenters. The van der Waals surface area contributed by atoms with Crippen LogP contribution in [0.15, 0.2) is 36.2 Å². The predicted molar refractivity (Wildman–Crippen MR) is 60.0 cm³/mol. The van der Waals surface area contributed by atoms with Crippen molar-refractivity contribution < 1.29 is 19.1 Å². The number of nitrogens with one attached hydrogen (secondary N) is 1. The van der Waals surface area contributed by atoms with Gasteiger partial charge in [0.1, 0.15) is 5.82 Å². The van der Waals surface area contributed by atoms with E-state index in [1.54, 1.807) is 24.4 Å². The van der Waals surface area contributed by atoms with E-state index in [0.717, 1.165) is 0 Å². The first-order chi connectivity index (χ1) is 8.19. The van der Waals surface area contributed by atoms with E-state index in [2.05, 4.69) is 19.8 Å². The van der Waals surface area contributed by atoms with Crippen molar-refractivity contribution in [2.45, 2.75) is 0 Å². The van der Waals surface area contributed by atoms with E-state index in [-0.39, 0.29) is 5.57 Å². The Balaban J connectivity index is 2.84. The van der Waals surface area contributed by atoms with Gasteiger partial charge in [-0.15, -0.1) is 0 Å². The number of rotatable bonds is 4. The van der Waals surface area contributed by atoms with Gasteiger partial charge in [-0.25, -0.2) is 14.6 Å². The summed E-state index contributed by atoms with van der Waals surface area (Å²) in [5, 5.41) is 2.70. The minimum absolute atomic E-state index is 0.236. The van der Waals surface area contributed by atoms with Crippen molar-refractivity contribution in [1.82, 2.24) is 4.98 Å². The molecule has 0 aromatic carbocycles. The summed E-state index contributed by atoms with van der Waals surface area (Å²) < 4.78 is 8.91. The number of ether oxygens (including phenoxy) is 2.